The van der Waals surface area contributed by atoms with Crippen LogP contribution in [0.2, 0.25) is 0 Å². The van der Waals surface area contributed by atoms with Crippen LogP contribution < -0.4 is 10.5 Å². The highest BCUT2D eigenvalue weighted by molar-refractivity contribution is 9.10. The predicted molar refractivity (Wildman–Crippen MR) is 72.2 cm³/mol. The topological polar surface area (TPSA) is 35.2 Å². The normalized spacial score (nSPS) is 10.9. The molecular formula is C13H20BrNO. The van der Waals surface area contributed by atoms with Gasteiger partial charge in [0.1, 0.15) is 5.75 Å². The van der Waals surface area contributed by atoms with Gasteiger partial charge in [-0.2, -0.15) is 0 Å². The zero-order valence-corrected chi connectivity index (χ0v) is 11.8. The van der Waals surface area contributed by atoms with Gasteiger partial charge in [0, 0.05) is 0 Å². The molecule has 0 unspecified atom stereocenters. The third kappa shape index (κ3) is 3.22. The van der Waals surface area contributed by atoms with E-state index in [0.29, 0.717) is 5.92 Å². The van der Waals surface area contributed by atoms with Gasteiger partial charge < -0.3 is 10.5 Å². The Bertz CT molecular complexity index is 350. The lowest BCUT2D eigenvalue weighted by atomic mass is 9.98. The summed E-state index contributed by atoms with van der Waals surface area (Å²) in [6.07, 6.45) is 2.05. The molecule has 1 aromatic carbocycles. The highest BCUT2D eigenvalue weighted by Gasteiger charge is 2.12. The molecule has 0 atom stereocenters. The van der Waals surface area contributed by atoms with Crippen LogP contribution in [0.3, 0.4) is 0 Å². The van der Waals surface area contributed by atoms with Crippen molar-refractivity contribution in [1.82, 2.24) is 0 Å². The maximum Gasteiger partial charge on any atom is 0.136 e. The molecular weight excluding hydrogens is 266 g/mol. The fraction of sp³-hybridized carbons (Fsp3) is 0.538. The average Bonchev–Trinajstić information content (AvgIpc) is 2.25. The summed E-state index contributed by atoms with van der Waals surface area (Å²) in [5.41, 5.74) is 8.11. The molecule has 1 aromatic rings. The molecule has 0 saturated carbocycles. The Hall–Kier alpha value is -0.540. The van der Waals surface area contributed by atoms with Crippen LogP contribution in [0, 0.1) is 0 Å². The van der Waals surface area contributed by atoms with Gasteiger partial charge in [-0.25, -0.2) is 0 Å². The number of nitrogens with two attached hydrogens (primary N) is 1. The van der Waals surface area contributed by atoms with E-state index in [9.17, 15) is 0 Å². The Labute approximate surface area is 106 Å². The molecule has 90 valence electrons. The zero-order chi connectivity index (χ0) is 12.1. The lowest BCUT2D eigenvalue weighted by Crippen LogP contribution is -2.02. The van der Waals surface area contributed by atoms with Gasteiger partial charge in [-0.3, -0.25) is 0 Å². The van der Waals surface area contributed by atoms with E-state index < -0.39 is 0 Å². The second kappa shape index (κ2) is 6.26. The Morgan fingerprint density at radius 2 is 2.06 bits per heavy atom. The van der Waals surface area contributed by atoms with Crippen molar-refractivity contribution < 1.29 is 4.74 Å². The van der Waals surface area contributed by atoms with Crippen LogP contribution in [0.25, 0.3) is 0 Å². The van der Waals surface area contributed by atoms with E-state index in [1.807, 2.05) is 0 Å². The Morgan fingerprint density at radius 1 is 1.38 bits per heavy atom. The van der Waals surface area contributed by atoms with Crippen LogP contribution in [0.4, 0.5) is 0 Å². The zero-order valence-electron chi connectivity index (χ0n) is 10.2. The van der Waals surface area contributed by atoms with Crippen LogP contribution in [0.15, 0.2) is 16.6 Å². The summed E-state index contributed by atoms with van der Waals surface area (Å²) in [6.45, 7) is 5.09. The fourth-order valence-electron chi connectivity index (χ4n) is 1.77. The summed E-state index contributed by atoms with van der Waals surface area (Å²) < 4.78 is 6.46. The van der Waals surface area contributed by atoms with Crippen LogP contribution in [-0.4, -0.2) is 13.7 Å². The van der Waals surface area contributed by atoms with E-state index in [-0.39, 0.29) is 0 Å². The molecule has 0 aromatic heterocycles. The van der Waals surface area contributed by atoms with Crippen molar-refractivity contribution in [2.24, 2.45) is 5.73 Å². The largest absolute Gasteiger partial charge is 0.495 e. The van der Waals surface area contributed by atoms with Gasteiger partial charge >= 0.3 is 0 Å². The van der Waals surface area contributed by atoms with Gasteiger partial charge in [-0.15, -0.1) is 0 Å². The van der Waals surface area contributed by atoms with Crippen molar-refractivity contribution in [2.45, 2.75) is 32.6 Å². The first kappa shape index (κ1) is 13.5. The SMILES string of the molecule is COc1c(Br)cc(CCCN)cc1C(C)C. The van der Waals surface area contributed by atoms with Crippen LogP contribution in [0.1, 0.15) is 37.3 Å². The molecule has 0 spiro atoms. The molecule has 2 N–H and O–H groups in total. The number of aryl methyl sites for hydroxylation is 1. The fourth-order valence-corrected chi connectivity index (χ4v) is 2.45. The van der Waals surface area contributed by atoms with Crippen LogP contribution in [0.5, 0.6) is 5.75 Å². The minimum absolute atomic E-state index is 0.462. The van der Waals surface area contributed by atoms with Crippen molar-refractivity contribution in [2.75, 3.05) is 13.7 Å². The molecule has 0 bridgehead atoms. The summed E-state index contributed by atoms with van der Waals surface area (Å²) in [5, 5.41) is 0. The quantitative estimate of drug-likeness (QED) is 0.899. The number of ether oxygens (including phenoxy) is 1. The van der Waals surface area contributed by atoms with Gasteiger partial charge in [0.05, 0.1) is 11.6 Å². The Kier molecular flexibility index (Phi) is 5.29. The standard InChI is InChI=1S/C13H20BrNO/c1-9(2)11-7-10(5-4-6-15)8-12(14)13(11)16-3/h7-9H,4-6,15H2,1-3H3. The van der Waals surface area contributed by atoms with E-state index in [4.69, 9.17) is 10.5 Å². The van der Waals surface area contributed by atoms with E-state index in [1.165, 1.54) is 11.1 Å². The number of halogens is 1. The molecule has 0 radical (unpaired) electrons. The highest BCUT2D eigenvalue weighted by Crippen LogP contribution is 2.35. The predicted octanol–water partition coefficient (Wildman–Crippen LogP) is 3.47. The van der Waals surface area contributed by atoms with E-state index in [2.05, 4.69) is 41.9 Å². The summed E-state index contributed by atoms with van der Waals surface area (Å²) in [6, 6.07) is 4.35. The summed E-state index contributed by atoms with van der Waals surface area (Å²) in [7, 11) is 1.71. The minimum atomic E-state index is 0.462. The first-order valence-corrected chi connectivity index (χ1v) is 6.45. The average molecular weight is 286 g/mol. The van der Waals surface area contributed by atoms with Gasteiger partial charge in [0.15, 0.2) is 0 Å². The smallest absolute Gasteiger partial charge is 0.136 e. The maximum atomic E-state index is 5.53. The highest BCUT2D eigenvalue weighted by atomic mass is 79.9. The van der Waals surface area contributed by atoms with E-state index in [1.54, 1.807) is 7.11 Å². The number of rotatable bonds is 5. The van der Waals surface area contributed by atoms with E-state index >= 15 is 0 Å². The molecule has 3 heteroatoms. The summed E-state index contributed by atoms with van der Waals surface area (Å²) >= 11 is 3.56. The first-order chi connectivity index (χ1) is 7.60. The molecule has 0 heterocycles. The van der Waals surface area contributed by atoms with Crippen molar-refractivity contribution in [1.29, 1.82) is 0 Å². The monoisotopic (exact) mass is 285 g/mol. The van der Waals surface area contributed by atoms with Crippen molar-refractivity contribution in [3.8, 4) is 5.75 Å². The van der Waals surface area contributed by atoms with Gasteiger partial charge in [0.2, 0.25) is 0 Å². The Balaban J connectivity index is 3.07. The first-order valence-electron chi connectivity index (χ1n) is 5.66. The van der Waals surface area contributed by atoms with Crippen LogP contribution in [-0.2, 0) is 6.42 Å². The van der Waals surface area contributed by atoms with Crippen LogP contribution >= 0.6 is 15.9 Å². The molecule has 1 rings (SSSR count). The van der Waals surface area contributed by atoms with Gasteiger partial charge in [-0.1, -0.05) is 19.9 Å². The molecule has 0 amide bonds. The van der Waals surface area contributed by atoms with Crippen molar-refractivity contribution >= 4 is 15.9 Å². The van der Waals surface area contributed by atoms with Gasteiger partial charge in [0.25, 0.3) is 0 Å². The lowest BCUT2D eigenvalue weighted by Gasteiger charge is -2.15. The molecule has 2 nitrogen and oxygen atoms in total. The second-order valence-electron chi connectivity index (χ2n) is 4.25. The number of hydrogen-bond donors (Lipinski definition) is 1. The summed E-state index contributed by atoms with van der Waals surface area (Å²) in [4.78, 5) is 0. The molecule has 16 heavy (non-hydrogen) atoms. The van der Waals surface area contributed by atoms with Crippen molar-refractivity contribution in [3.05, 3.63) is 27.7 Å². The Morgan fingerprint density at radius 3 is 2.56 bits per heavy atom. The number of benzene rings is 1. The molecule has 0 fully saturated rings. The molecule has 0 aliphatic rings. The lowest BCUT2D eigenvalue weighted by molar-refractivity contribution is 0.404. The number of methoxy groups -OCH3 is 1. The second-order valence-corrected chi connectivity index (χ2v) is 5.10. The summed E-state index contributed by atoms with van der Waals surface area (Å²) in [5.74, 6) is 1.41. The van der Waals surface area contributed by atoms with Gasteiger partial charge in [-0.05, 0) is 58.4 Å². The number of hydrogen-bond acceptors (Lipinski definition) is 2. The third-order valence-electron chi connectivity index (χ3n) is 2.63. The molecule has 0 aliphatic carbocycles. The molecule has 0 saturated heterocycles. The molecule has 0 aliphatic heterocycles. The maximum absolute atomic E-state index is 5.53. The minimum Gasteiger partial charge on any atom is -0.495 e. The third-order valence-corrected chi connectivity index (χ3v) is 3.22. The van der Waals surface area contributed by atoms with Crippen molar-refractivity contribution in [3.63, 3.8) is 0 Å². The van der Waals surface area contributed by atoms with E-state index in [0.717, 1.165) is 29.6 Å².